The van der Waals surface area contributed by atoms with Gasteiger partial charge in [-0.25, -0.2) is 0 Å². The summed E-state index contributed by atoms with van der Waals surface area (Å²) in [7, 11) is 1.73. The lowest BCUT2D eigenvalue weighted by Crippen LogP contribution is -2.12. The summed E-state index contributed by atoms with van der Waals surface area (Å²) in [6, 6.07) is 1.60. The Hall–Kier alpha value is -0.710. The van der Waals surface area contributed by atoms with E-state index in [1.54, 1.807) is 13.1 Å². The summed E-state index contributed by atoms with van der Waals surface area (Å²) >= 11 is 11.9. The Kier molecular flexibility index (Phi) is 5.82. The first-order chi connectivity index (χ1) is 8.04. The van der Waals surface area contributed by atoms with Gasteiger partial charge in [-0.2, -0.15) is 4.98 Å². The van der Waals surface area contributed by atoms with E-state index in [1.165, 1.54) is 0 Å². The van der Waals surface area contributed by atoms with Crippen LogP contribution in [0.3, 0.4) is 0 Å². The highest BCUT2D eigenvalue weighted by atomic mass is 35.5. The van der Waals surface area contributed by atoms with Gasteiger partial charge in [0.25, 0.3) is 0 Å². The summed E-state index contributed by atoms with van der Waals surface area (Å²) in [6.07, 6.45) is 0.181. The molecular formula is C11H16Cl2N2O2. The third-order valence-corrected chi connectivity index (χ3v) is 2.47. The molecule has 0 aromatic carbocycles. The number of nitrogens with zero attached hydrogens (tertiary/aromatic N) is 1. The smallest absolute Gasteiger partial charge is 0.234 e. The van der Waals surface area contributed by atoms with Gasteiger partial charge in [0, 0.05) is 7.05 Å². The summed E-state index contributed by atoms with van der Waals surface area (Å²) in [5, 5.41) is 3.71. The van der Waals surface area contributed by atoms with Gasteiger partial charge < -0.3 is 14.8 Å². The summed E-state index contributed by atoms with van der Waals surface area (Å²) in [4.78, 5) is 4.15. The Labute approximate surface area is 111 Å². The molecule has 0 fully saturated rings. The zero-order valence-electron chi connectivity index (χ0n) is 10.1. The van der Waals surface area contributed by atoms with Crippen LogP contribution in [0.2, 0.25) is 10.0 Å². The molecule has 0 spiro atoms. The van der Waals surface area contributed by atoms with Gasteiger partial charge in [0.1, 0.15) is 17.4 Å². The number of nitrogens with one attached hydrogen (secondary N) is 1. The molecule has 96 valence electrons. The van der Waals surface area contributed by atoms with E-state index in [2.05, 4.69) is 10.3 Å². The highest BCUT2D eigenvalue weighted by Gasteiger charge is 2.09. The number of halogens is 2. The maximum Gasteiger partial charge on any atom is 0.234 e. The number of hydrogen-bond acceptors (Lipinski definition) is 4. The number of hydrogen-bond donors (Lipinski definition) is 1. The Morgan fingerprint density at radius 1 is 1.29 bits per heavy atom. The predicted octanol–water partition coefficient (Wildman–Crippen LogP) is 3.23. The van der Waals surface area contributed by atoms with E-state index in [0.29, 0.717) is 35.0 Å². The first-order valence-electron chi connectivity index (χ1n) is 5.32. The van der Waals surface area contributed by atoms with Gasteiger partial charge in [0.15, 0.2) is 0 Å². The van der Waals surface area contributed by atoms with E-state index in [0.717, 1.165) is 0 Å². The van der Waals surface area contributed by atoms with E-state index in [-0.39, 0.29) is 6.10 Å². The van der Waals surface area contributed by atoms with Gasteiger partial charge >= 0.3 is 0 Å². The third-order valence-electron chi connectivity index (χ3n) is 1.91. The molecule has 6 heteroatoms. The number of rotatable bonds is 6. The number of pyridine rings is 1. The van der Waals surface area contributed by atoms with Crippen LogP contribution in [0.1, 0.15) is 13.8 Å². The van der Waals surface area contributed by atoms with Crippen molar-refractivity contribution in [2.45, 2.75) is 20.0 Å². The maximum absolute atomic E-state index is 5.96. The quantitative estimate of drug-likeness (QED) is 0.812. The molecule has 1 heterocycles. The van der Waals surface area contributed by atoms with Crippen LogP contribution in [0.4, 0.5) is 5.82 Å². The molecule has 1 N–H and O–H groups in total. The summed E-state index contributed by atoms with van der Waals surface area (Å²) in [5.74, 6) is 0.892. The van der Waals surface area contributed by atoms with Crippen molar-refractivity contribution in [3.8, 4) is 5.88 Å². The minimum Gasteiger partial charge on any atom is -0.474 e. The molecule has 0 unspecified atom stereocenters. The van der Waals surface area contributed by atoms with Crippen LogP contribution < -0.4 is 10.1 Å². The molecule has 1 aromatic rings. The average Bonchev–Trinajstić information content (AvgIpc) is 2.26. The molecule has 0 radical (unpaired) electrons. The van der Waals surface area contributed by atoms with Crippen molar-refractivity contribution in [1.82, 2.24) is 4.98 Å². The molecule has 1 rings (SSSR count). The van der Waals surface area contributed by atoms with Crippen LogP contribution in [0.25, 0.3) is 0 Å². The second kappa shape index (κ2) is 6.89. The van der Waals surface area contributed by atoms with Crippen molar-refractivity contribution in [2.24, 2.45) is 0 Å². The Morgan fingerprint density at radius 2 is 2.00 bits per heavy atom. The van der Waals surface area contributed by atoms with Crippen LogP contribution in [0, 0.1) is 0 Å². The summed E-state index contributed by atoms with van der Waals surface area (Å²) in [6.45, 7) is 4.82. The van der Waals surface area contributed by atoms with Crippen molar-refractivity contribution in [2.75, 3.05) is 25.6 Å². The lowest BCUT2D eigenvalue weighted by Gasteiger charge is -2.11. The largest absolute Gasteiger partial charge is 0.474 e. The predicted molar refractivity (Wildman–Crippen MR) is 70.4 cm³/mol. The first-order valence-corrected chi connectivity index (χ1v) is 6.08. The summed E-state index contributed by atoms with van der Waals surface area (Å²) in [5.41, 5.74) is 0. The van der Waals surface area contributed by atoms with Crippen molar-refractivity contribution < 1.29 is 9.47 Å². The zero-order chi connectivity index (χ0) is 12.8. The van der Waals surface area contributed by atoms with Crippen LogP contribution in [0.15, 0.2) is 6.07 Å². The van der Waals surface area contributed by atoms with Gasteiger partial charge in [0.05, 0.1) is 17.7 Å². The monoisotopic (exact) mass is 278 g/mol. The second-order valence-electron chi connectivity index (χ2n) is 3.62. The normalized spacial score (nSPS) is 10.7. The topological polar surface area (TPSA) is 43.4 Å². The van der Waals surface area contributed by atoms with Gasteiger partial charge in [-0.1, -0.05) is 23.2 Å². The third kappa shape index (κ3) is 4.58. The van der Waals surface area contributed by atoms with Gasteiger partial charge in [-0.15, -0.1) is 0 Å². The van der Waals surface area contributed by atoms with Crippen LogP contribution in [-0.2, 0) is 4.74 Å². The fraction of sp³-hybridized carbons (Fsp3) is 0.545. The molecular weight excluding hydrogens is 263 g/mol. The zero-order valence-corrected chi connectivity index (χ0v) is 11.6. The lowest BCUT2D eigenvalue weighted by molar-refractivity contribution is 0.0543. The van der Waals surface area contributed by atoms with E-state index >= 15 is 0 Å². The maximum atomic E-state index is 5.96. The van der Waals surface area contributed by atoms with Crippen LogP contribution in [0.5, 0.6) is 5.88 Å². The Bertz CT molecular complexity index is 373. The molecule has 17 heavy (non-hydrogen) atoms. The SMILES string of the molecule is CNc1nc(OCCOC(C)C)c(Cl)cc1Cl. The summed E-state index contributed by atoms with van der Waals surface area (Å²) < 4.78 is 10.8. The fourth-order valence-corrected chi connectivity index (χ4v) is 1.66. The van der Waals surface area contributed by atoms with Crippen molar-refractivity contribution in [3.05, 3.63) is 16.1 Å². The molecule has 0 saturated carbocycles. The number of aromatic nitrogens is 1. The molecule has 0 aliphatic carbocycles. The molecule has 0 atom stereocenters. The van der Waals surface area contributed by atoms with Crippen molar-refractivity contribution in [3.63, 3.8) is 0 Å². The van der Waals surface area contributed by atoms with Crippen molar-refractivity contribution in [1.29, 1.82) is 0 Å². The highest BCUT2D eigenvalue weighted by Crippen LogP contribution is 2.30. The Morgan fingerprint density at radius 3 is 2.59 bits per heavy atom. The molecule has 0 saturated heterocycles. The molecule has 0 aliphatic rings. The molecule has 4 nitrogen and oxygen atoms in total. The standard InChI is InChI=1S/C11H16Cl2N2O2/c1-7(2)16-4-5-17-11-9(13)6-8(12)10(14-3)15-11/h6-7H,4-5H2,1-3H3,(H,14,15). The average molecular weight is 279 g/mol. The molecule has 0 amide bonds. The molecule has 0 aliphatic heterocycles. The van der Waals surface area contributed by atoms with Gasteiger partial charge in [-0.05, 0) is 19.9 Å². The molecule has 0 bridgehead atoms. The lowest BCUT2D eigenvalue weighted by atomic mass is 10.4. The van der Waals surface area contributed by atoms with E-state index in [4.69, 9.17) is 32.7 Å². The first kappa shape index (κ1) is 14.4. The number of anilines is 1. The number of ether oxygens (including phenoxy) is 2. The van der Waals surface area contributed by atoms with E-state index < -0.39 is 0 Å². The Balaban J connectivity index is 2.58. The fourth-order valence-electron chi connectivity index (χ4n) is 1.15. The highest BCUT2D eigenvalue weighted by molar-refractivity contribution is 6.36. The molecule has 1 aromatic heterocycles. The minimum atomic E-state index is 0.181. The minimum absolute atomic E-state index is 0.181. The van der Waals surface area contributed by atoms with E-state index in [1.807, 2.05) is 13.8 Å². The van der Waals surface area contributed by atoms with Crippen molar-refractivity contribution >= 4 is 29.0 Å². The van der Waals surface area contributed by atoms with Gasteiger partial charge in [0.2, 0.25) is 5.88 Å². The van der Waals surface area contributed by atoms with Crippen LogP contribution >= 0.6 is 23.2 Å². The van der Waals surface area contributed by atoms with E-state index in [9.17, 15) is 0 Å². The van der Waals surface area contributed by atoms with Crippen LogP contribution in [-0.4, -0.2) is 31.3 Å². The second-order valence-corrected chi connectivity index (χ2v) is 4.44. The van der Waals surface area contributed by atoms with Gasteiger partial charge in [-0.3, -0.25) is 0 Å².